The summed E-state index contributed by atoms with van der Waals surface area (Å²) in [6, 6.07) is 8.63. The van der Waals surface area contributed by atoms with Crippen LogP contribution in [0.4, 0.5) is 4.39 Å². The van der Waals surface area contributed by atoms with E-state index in [1.165, 1.54) is 12.1 Å². The van der Waals surface area contributed by atoms with Crippen LogP contribution in [0, 0.1) is 5.82 Å². The molecule has 18 heavy (non-hydrogen) atoms. The van der Waals surface area contributed by atoms with Crippen molar-refractivity contribution in [3.63, 3.8) is 0 Å². The molecule has 88 valence electrons. The Morgan fingerprint density at radius 1 is 1.17 bits per heavy atom. The molecule has 3 heteroatoms. The van der Waals surface area contributed by atoms with E-state index in [0.29, 0.717) is 0 Å². The first-order valence-electron chi connectivity index (χ1n) is 5.68. The van der Waals surface area contributed by atoms with E-state index < -0.39 is 0 Å². The quantitative estimate of drug-likeness (QED) is 0.721. The summed E-state index contributed by atoms with van der Waals surface area (Å²) in [6.07, 6.45) is 9.39. The minimum Gasteiger partial charge on any atom is -0.360 e. The summed E-state index contributed by atoms with van der Waals surface area (Å²) < 4.78 is 13.1. The third-order valence-corrected chi connectivity index (χ3v) is 2.82. The average molecular weight is 238 g/mol. The SMILES string of the molecule is Fc1ccc2c(C=Cc3cccnc3)c[nH]c2c1. The molecule has 2 aromatic heterocycles. The smallest absolute Gasteiger partial charge is 0.125 e. The van der Waals surface area contributed by atoms with Gasteiger partial charge < -0.3 is 4.98 Å². The fourth-order valence-electron chi connectivity index (χ4n) is 1.92. The van der Waals surface area contributed by atoms with Gasteiger partial charge in [-0.15, -0.1) is 0 Å². The zero-order valence-corrected chi connectivity index (χ0v) is 9.60. The van der Waals surface area contributed by atoms with Gasteiger partial charge in [0.25, 0.3) is 0 Å². The van der Waals surface area contributed by atoms with Crippen molar-refractivity contribution in [2.24, 2.45) is 0 Å². The maximum Gasteiger partial charge on any atom is 0.125 e. The molecule has 0 fully saturated rings. The fraction of sp³-hybridized carbons (Fsp3) is 0. The predicted molar refractivity (Wildman–Crippen MR) is 71.4 cm³/mol. The number of pyridine rings is 1. The van der Waals surface area contributed by atoms with Crippen LogP contribution >= 0.6 is 0 Å². The van der Waals surface area contributed by atoms with Crippen molar-refractivity contribution in [3.8, 4) is 0 Å². The molecule has 0 unspecified atom stereocenters. The molecular weight excluding hydrogens is 227 g/mol. The number of nitrogens with one attached hydrogen (secondary N) is 1. The highest BCUT2D eigenvalue weighted by atomic mass is 19.1. The molecular formula is C15H11FN2. The Labute approximate surface area is 104 Å². The van der Waals surface area contributed by atoms with Crippen LogP contribution in [0.25, 0.3) is 23.1 Å². The van der Waals surface area contributed by atoms with Crippen LogP contribution in [-0.4, -0.2) is 9.97 Å². The molecule has 0 bridgehead atoms. The van der Waals surface area contributed by atoms with E-state index in [4.69, 9.17) is 0 Å². The van der Waals surface area contributed by atoms with E-state index >= 15 is 0 Å². The number of hydrogen-bond donors (Lipinski definition) is 1. The lowest BCUT2D eigenvalue weighted by Crippen LogP contribution is -1.75. The van der Waals surface area contributed by atoms with E-state index in [1.807, 2.05) is 30.5 Å². The summed E-state index contributed by atoms with van der Waals surface area (Å²) in [5, 5.41) is 1.01. The van der Waals surface area contributed by atoms with Crippen LogP contribution in [-0.2, 0) is 0 Å². The van der Waals surface area contributed by atoms with Crippen molar-refractivity contribution in [2.75, 3.05) is 0 Å². The van der Waals surface area contributed by atoms with E-state index in [-0.39, 0.29) is 5.82 Å². The van der Waals surface area contributed by atoms with Crippen LogP contribution in [0.1, 0.15) is 11.1 Å². The summed E-state index contributed by atoms with van der Waals surface area (Å²) in [5.74, 6) is -0.230. The molecule has 0 saturated carbocycles. The normalized spacial score (nSPS) is 11.4. The number of fused-ring (bicyclic) bond motifs is 1. The molecule has 3 rings (SSSR count). The Hall–Kier alpha value is -2.42. The number of rotatable bonds is 2. The summed E-state index contributed by atoms with van der Waals surface area (Å²) in [4.78, 5) is 7.11. The van der Waals surface area contributed by atoms with Crippen LogP contribution < -0.4 is 0 Å². The Morgan fingerprint density at radius 3 is 2.94 bits per heavy atom. The number of aromatic nitrogens is 2. The Bertz CT molecular complexity index is 699. The first-order valence-corrected chi connectivity index (χ1v) is 5.68. The van der Waals surface area contributed by atoms with Crippen LogP contribution in [0.5, 0.6) is 0 Å². The van der Waals surface area contributed by atoms with Gasteiger partial charge in [0, 0.05) is 29.5 Å². The van der Waals surface area contributed by atoms with Crippen LogP contribution in [0.15, 0.2) is 48.9 Å². The maximum absolute atomic E-state index is 13.1. The second-order valence-electron chi connectivity index (χ2n) is 4.05. The number of aromatic amines is 1. The van der Waals surface area contributed by atoms with Gasteiger partial charge in [-0.3, -0.25) is 4.98 Å². The maximum atomic E-state index is 13.1. The van der Waals surface area contributed by atoms with Gasteiger partial charge >= 0.3 is 0 Å². The molecule has 0 spiro atoms. The van der Waals surface area contributed by atoms with Crippen molar-refractivity contribution in [3.05, 3.63) is 65.9 Å². The van der Waals surface area contributed by atoms with E-state index in [9.17, 15) is 4.39 Å². The van der Waals surface area contributed by atoms with Crippen molar-refractivity contribution in [1.29, 1.82) is 0 Å². The van der Waals surface area contributed by atoms with Gasteiger partial charge in [0.05, 0.1) is 0 Å². The lowest BCUT2D eigenvalue weighted by Gasteiger charge is -1.93. The number of halogens is 1. The van der Waals surface area contributed by atoms with Crippen LogP contribution in [0.3, 0.4) is 0 Å². The molecule has 0 saturated heterocycles. The molecule has 3 aromatic rings. The largest absolute Gasteiger partial charge is 0.360 e. The fourth-order valence-corrected chi connectivity index (χ4v) is 1.92. The number of nitrogens with zero attached hydrogens (tertiary/aromatic N) is 1. The van der Waals surface area contributed by atoms with Crippen molar-refractivity contribution >= 4 is 23.1 Å². The standard InChI is InChI=1S/C15H11FN2/c16-13-5-6-14-12(10-18-15(14)8-13)4-3-11-2-1-7-17-9-11/h1-10,18H. The summed E-state index contributed by atoms with van der Waals surface area (Å²) in [6.45, 7) is 0. The van der Waals surface area contributed by atoms with E-state index in [1.54, 1.807) is 18.5 Å². The zero-order valence-electron chi connectivity index (χ0n) is 9.60. The number of H-pyrrole nitrogens is 1. The molecule has 0 aliphatic carbocycles. The molecule has 0 atom stereocenters. The number of benzene rings is 1. The van der Waals surface area contributed by atoms with Gasteiger partial charge in [0.2, 0.25) is 0 Å². The van der Waals surface area contributed by atoms with Gasteiger partial charge in [-0.25, -0.2) is 4.39 Å². The van der Waals surface area contributed by atoms with E-state index in [2.05, 4.69) is 9.97 Å². The summed E-state index contributed by atoms with van der Waals surface area (Å²) in [7, 11) is 0. The summed E-state index contributed by atoms with van der Waals surface area (Å²) >= 11 is 0. The highest BCUT2D eigenvalue weighted by Gasteiger charge is 2.01. The lowest BCUT2D eigenvalue weighted by atomic mass is 10.1. The zero-order chi connectivity index (χ0) is 12.4. The van der Waals surface area contributed by atoms with Crippen molar-refractivity contribution in [2.45, 2.75) is 0 Å². The lowest BCUT2D eigenvalue weighted by molar-refractivity contribution is 0.629. The molecule has 0 radical (unpaired) electrons. The van der Waals surface area contributed by atoms with Gasteiger partial charge in [-0.2, -0.15) is 0 Å². The topological polar surface area (TPSA) is 28.7 Å². The van der Waals surface area contributed by atoms with Gasteiger partial charge in [-0.05, 0) is 35.4 Å². The molecule has 2 nitrogen and oxygen atoms in total. The monoisotopic (exact) mass is 238 g/mol. The molecule has 0 amide bonds. The molecule has 2 heterocycles. The van der Waals surface area contributed by atoms with Gasteiger partial charge in [0.1, 0.15) is 5.82 Å². The highest BCUT2D eigenvalue weighted by molar-refractivity contribution is 5.91. The second-order valence-corrected chi connectivity index (χ2v) is 4.05. The second kappa shape index (κ2) is 4.45. The minimum atomic E-state index is -0.230. The van der Waals surface area contributed by atoms with Crippen LogP contribution in [0.2, 0.25) is 0 Å². The predicted octanol–water partition coefficient (Wildman–Crippen LogP) is 3.87. The molecule has 0 aliphatic heterocycles. The molecule has 1 N–H and O–H groups in total. The van der Waals surface area contributed by atoms with Crippen molar-refractivity contribution < 1.29 is 4.39 Å². The first-order chi connectivity index (χ1) is 8.83. The van der Waals surface area contributed by atoms with Gasteiger partial charge in [-0.1, -0.05) is 18.2 Å². The van der Waals surface area contributed by atoms with Gasteiger partial charge in [0.15, 0.2) is 0 Å². The van der Waals surface area contributed by atoms with E-state index in [0.717, 1.165) is 22.0 Å². The number of hydrogen-bond acceptors (Lipinski definition) is 1. The Kier molecular flexibility index (Phi) is 2.65. The third-order valence-electron chi connectivity index (χ3n) is 2.82. The minimum absolute atomic E-state index is 0.230. The summed E-state index contributed by atoms with van der Waals surface area (Å²) in [5.41, 5.74) is 2.88. The Morgan fingerprint density at radius 2 is 2.11 bits per heavy atom. The Balaban J connectivity index is 1.98. The highest BCUT2D eigenvalue weighted by Crippen LogP contribution is 2.21. The molecule has 1 aromatic carbocycles. The molecule has 0 aliphatic rings. The average Bonchev–Trinajstić information content (AvgIpc) is 2.80. The van der Waals surface area contributed by atoms with Crippen molar-refractivity contribution in [1.82, 2.24) is 9.97 Å². The third kappa shape index (κ3) is 2.02. The first kappa shape index (κ1) is 10.7.